The Morgan fingerprint density at radius 3 is 2.50 bits per heavy atom. The maximum Gasteiger partial charge on any atom is 0.390 e. The molecule has 40 heavy (non-hydrogen) atoms. The molecule has 1 atom stereocenters. The first-order valence-corrected chi connectivity index (χ1v) is 14.3. The van der Waals surface area contributed by atoms with Crippen LogP contribution in [0.15, 0.2) is 64.5 Å². The number of aliphatic imine (C=N–C) groups is 1. The molecule has 0 fully saturated rings. The van der Waals surface area contributed by atoms with E-state index in [1.165, 1.54) is 24.3 Å². The number of hydrogen-bond acceptors (Lipinski definition) is 6. The summed E-state index contributed by atoms with van der Waals surface area (Å²) < 4.78 is 65.7. The largest absolute Gasteiger partial charge is 0.507 e. The molecule has 0 aliphatic carbocycles. The first-order valence-electron chi connectivity index (χ1n) is 12.1. The van der Waals surface area contributed by atoms with E-state index in [4.69, 9.17) is 23.2 Å². The molecule has 0 aromatic heterocycles. The molecule has 3 N–H and O–H groups in total. The van der Waals surface area contributed by atoms with Crippen molar-refractivity contribution in [2.75, 3.05) is 13.1 Å². The van der Waals surface area contributed by atoms with E-state index in [2.05, 4.69) is 22.2 Å². The van der Waals surface area contributed by atoms with Crippen molar-refractivity contribution in [3.05, 3.63) is 70.2 Å². The molecule has 0 bridgehead atoms. The molecule has 3 rings (SSSR count). The van der Waals surface area contributed by atoms with Crippen LogP contribution >= 0.6 is 23.2 Å². The molecule has 14 heteroatoms. The number of amides is 1. The highest BCUT2D eigenvalue weighted by Gasteiger charge is 2.41. The molecule has 1 aliphatic rings. The van der Waals surface area contributed by atoms with Crippen LogP contribution in [0.1, 0.15) is 32.3 Å². The van der Waals surface area contributed by atoms with Gasteiger partial charge in [-0.25, -0.2) is 8.42 Å². The van der Waals surface area contributed by atoms with E-state index >= 15 is 0 Å². The number of halogens is 5. The van der Waals surface area contributed by atoms with Crippen LogP contribution < -0.4 is 10.6 Å². The van der Waals surface area contributed by atoms with Gasteiger partial charge in [0.15, 0.2) is 6.04 Å². The highest BCUT2D eigenvalue weighted by atomic mass is 35.5. The fourth-order valence-corrected chi connectivity index (χ4v) is 5.84. The van der Waals surface area contributed by atoms with Crippen LogP contribution in [0.25, 0.3) is 0 Å². The standard InChI is InChI=1S/C26H29Cl2F3N4O4S/c1-16(23-33-22(25(2,3)34-23)24(37)32-12-11-26(29,30)31)10-13-35(15-17-8-9-18(27)19(28)14-17)40(38,39)21-7-5-4-6-20(21)36/h4-9,14,22,36H,1,10-13,15H2,2-3H3,(H,32,37)(H,33,34)/t22-/m0/s1. The van der Waals surface area contributed by atoms with E-state index in [1.807, 2.05) is 0 Å². The van der Waals surface area contributed by atoms with Gasteiger partial charge in [0.2, 0.25) is 15.9 Å². The summed E-state index contributed by atoms with van der Waals surface area (Å²) in [5.74, 6) is -0.841. The summed E-state index contributed by atoms with van der Waals surface area (Å²) in [5, 5.41) is 16.1. The number of rotatable bonds is 11. The van der Waals surface area contributed by atoms with Crippen LogP contribution in [0, 0.1) is 0 Å². The minimum absolute atomic E-state index is 0.0818. The molecule has 0 radical (unpaired) electrons. The second kappa shape index (κ2) is 12.4. The number of aromatic hydroxyl groups is 1. The first kappa shape index (κ1) is 31.7. The van der Waals surface area contributed by atoms with Gasteiger partial charge in [0.1, 0.15) is 16.5 Å². The predicted molar refractivity (Wildman–Crippen MR) is 148 cm³/mol. The van der Waals surface area contributed by atoms with Crippen molar-refractivity contribution >= 4 is 45.0 Å². The van der Waals surface area contributed by atoms with E-state index < -0.39 is 52.4 Å². The Labute approximate surface area is 240 Å². The summed E-state index contributed by atoms with van der Waals surface area (Å²) in [6, 6.07) is 9.23. The lowest BCUT2D eigenvalue weighted by Gasteiger charge is -2.26. The molecule has 1 heterocycles. The molecule has 1 aliphatic heterocycles. The molecule has 1 amide bonds. The third-order valence-electron chi connectivity index (χ3n) is 6.16. The zero-order chi connectivity index (χ0) is 29.9. The summed E-state index contributed by atoms with van der Waals surface area (Å²) >= 11 is 12.1. The number of hydrogen-bond donors (Lipinski definition) is 3. The van der Waals surface area contributed by atoms with Crippen LogP contribution in [0.5, 0.6) is 5.75 Å². The average molecular weight is 622 g/mol. The second-order valence-corrected chi connectivity index (χ2v) is 12.5. The van der Waals surface area contributed by atoms with Gasteiger partial charge in [-0.1, -0.05) is 48.0 Å². The van der Waals surface area contributed by atoms with Gasteiger partial charge in [-0.15, -0.1) is 0 Å². The van der Waals surface area contributed by atoms with Crippen molar-refractivity contribution in [1.82, 2.24) is 14.9 Å². The van der Waals surface area contributed by atoms with Gasteiger partial charge in [-0.05, 0) is 55.7 Å². The minimum Gasteiger partial charge on any atom is -0.507 e. The van der Waals surface area contributed by atoms with E-state index in [-0.39, 0.29) is 35.3 Å². The second-order valence-electron chi connectivity index (χ2n) is 9.79. The van der Waals surface area contributed by atoms with Crippen molar-refractivity contribution < 1.29 is 31.5 Å². The third-order valence-corrected chi connectivity index (χ3v) is 8.79. The molecule has 0 unspecified atom stereocenters. The number of nitrogens with one attached hydrogen (secondary N) is 2. The topological polar surface area (TPSA) is 111 Å². The normalized spacial score (nSPS) is 16.9. The van der Waals surface area contributed by atoms with E-state index in [9.17, 15) is 31.5 Å². The molecule has 218 valence electrons. The number of amidine groups is 1. The summed E-state index contributed by atoms with van der Waals surface area (Å²) in [6.45, 7) is 6.57. The molecule has 0 saturated heterocycles. The molecule has 0 spiro atoms. The van der Waals surface area contributed by atoms with Crippen molar-refractivity contribution in [2.45, 2.75) is 55.9 Å². The zero-order valence-corrected chi connectivity index (χ0v) is 24.1. The zero-order valence-electron chi connectivity index (χ0n) is 21.7. The number of carbonyl (C=O) groups is 1. The Morgan fingerprint density at radius 2 is 1.88 bits per heavy atom. The number of phenols is 1. The van der Waals surface area contributed by atoms with E-state index in [1.54, 1.807) is 32.0 Å². The van der Waals surface area contributed by atoms with Gasteiger partial charge in [0, 0.05) is 19.6 Å². The van der Waals surface area contributed by atoms with Gasteiger partial charge in [0.05, 0.1) is 22.0 Å². The van der Waals surface area contributed by atoms with Crippen molar-refractivity contribution in [1.29, 1.82) is 0 Å². The first-order chi connectivity index (χ1) is 18.5. The van der Waals surface area contributed by atoms with E-state index in [0.29, 0.717) is 16.2 Å². The monoisotopic (exact) mass is 620 g/mol. The number of phenolic OH excluding ortho intramolecular Hbond substituents is 1. The molecule has 8 nitrogen and oxygen atoms in total. The Morgan fingerprint density at radius 1 is 1.20 bits per heavy atom. The van der Waals surface area contributed by atoms with Crippen LogP contribution in [0.2, 0.25) is 10.0 Å². The summed E-state index contributed by atoms with van der Waals surface area (Å²) in [5.41, 5.74) is -0.000231. The number of sulfonamides is 1. The SMILES string of the molecule is C=C(CCN(Cc1ccc(Cl)c(Cl)c1)S(=O)(=O)c1ccccc1O)C1=N[C@@H](C(=O)NCCC(F)(F)F)C(C)(C)N1. The van der Waals surface area contributed by atoms with Gasteiger partial charge in [-0.3, -0.25) is 9.79 Å². The van der Waals surface area contributed by atoms with Crippen molar-refractivity contribution in [3.63, 3.8) is 0 Å². The maximum atomic E-state index is 13.6. The fraction of sp³-hybridized carbons (Fsp3) is 0.385. The van der Waals surface area contributed by atoms with Crippen LogP contribution in [-0.2, 0) is 21.4 Å². The number of alkyl halides is 3. The number of benzene rings is 2. The quantitative estimate of drug-likeness (QED) is 0.325. The predicted octanol–water partition coefficient (Wildman–Crippen LogP) is 5.05. The van der Waals surface area contributed by atoms with Gasteiger partial charge in [0.25, 0.3) is 0 Å². The van der Waals surface area contributed by atoms with Crippen LogP contribution in [0.4, 0.5) is 13.2 Å². The summed E-state index contributed by atoms with van der Waals surface area (Å²) in [7, 11) is -4.19. The Bertz CT molecular complexity index is 1410. The average Bonchev–Trinajstić information content (AvgIpc) is 3.18. The van der Waals surface area contributed by atoms with Crippen molar-refractivity contribution in [3.8, 4) is 5.75 Å². The maximum absolute atomic E-state index is 13.6. The van der Waals surface area contributed by atoms with Gasteiger partial charge in [-0.2, -0.15) is 17.5 Å². The molecule has 0 saturated carbocycles. The molecule has 2 aromatic carbocycles. The third kappa shape index (κ3) is 7.90. The Hall–Kier alpha value is -2.80. The summed E-state index contributed by atoms with van der Waals surface area (Å²) in [6.07, 6.45) is -5.49. The fourth-order valence-electron chi connectivity index (χ4n) is 4.00. The molecular formula is C26H29Cl2F3N4O4S. The molecule has 2 aromatic rings. The highest BCUT2D eigenvalue weighted by Crippen LogP contribution is 2.29. The Balaban J connectivity index is 1.79. The number of nitrogens with zero attached hydrogens (tertiary/aromatic N) is 2. The lowest BCUT2D eigenvalue weighted by atomic mass is 9.96. The van der Waals surface area contributed by atoms with Gasteiger partial charge < -0.3 is 15.7 Å². The van der Waals surface area contributed by atoms with Gasteiger partial charge >= 0.3 is 6.18 Å². The summed E-state index contributed by atoms with van der Waals surface area (Å²) in [4.78, 5) is 16.6. The van der Waals surface area contributed by atoms with E-state index in [0.717, 1.165) is 4.31 Å². The number of carbonyl (C=O) groups excluding carboxylic acids is 1. The van der Waals surface area contributed by atoms with Crippen molar-refractivity contribution in [2.24, 2.45) is 4.99 Å². The molecular weight excluding hydrogens is 592 g/mol. The smallest absolute Gasteiger partial charge is 0.390 e. The minimum atomic E-state index is -4.40. The van der Waals surface area contributed by atoms with Crippen LogP contribution in [-0.4, -0.2) is 60.4 Å². The highest BCUT2D eigenvalue weighted by molar-refractivity contribution is 7.89. The Kier molecular flexibility index (Phi) is 9.82. The number of para-hydroxylation sites is 1. The lowest BCUT2D eigenvalue weighted by Crippen LogP contribution is -2.51. The van der Waals surface area contributed by atoms with Crippen LogP contribution in [0.3, 0.4) is 0 Å². The lowest BCUT2D eigenvalue weighted by molar-refractivity contribution is -0.136.